The van der Waals surface area contributed by atoms with Crippen LogP contribution in [-0.4, -0.2) is 22.0 Å². The first kappa shape index (κ1) is 24.5. The Morgan fingerprint density at radius 1 is 0.944 bits per heavy atom. The van der Waals surface area contributed by atoms with Crippen LogP contribution in [0, 0.1) is 5.92 Å². The Labute approximate surface area is 208 Å². The van der Waals surface area contributed by atoms with Crippen molar-refractivity contribution >= 4 is 17.4 Å². The number of H-pyrrole nitrogens is 1. The highest BCUT2D eigenvalue weighted by Crippen LogP contribution is 2.25. The molecule has 36 heavy (non-hydrogen) atoms. The number of hydrogen-bond donors (Lipinski definition) is 2. The fraction of sp³-hybridized carbons (Fsp3) is 0.179. The minimum atomic E-state index is -0.715. The molecule has 3 N–H and O–H groups in total. The maximum atomic E-state index is 13.7. The fourth-order valence-electron chi connectivity index (χ4n) is 3.88. The van der Waals surface area contributed by atoms with Crippen molar-refractivity contribution in [1.82, 2.24) is 9.55 Å². The Bertz CT molecular complexity index is 1460. The van der Waals surface area contributed by atoms with E-state index in [4.69, 9.17) is 10.5 Å². The lowest BCUT2D eigenvalue weighted by atomic mass is 10.1. The zero-order valence-corrected chi connectivity index (χ0v) is 20.2. The molecular weight excluding hydrogens is 456 g/mol. The molecule has 0 fully saturated rings. The Kier molecular flexibility index (Phi) is 7.34. The van der Waals surface area contributed by atoms with E-state index in [0.717, 1.165) is 5.56 Å². The number of nitrogen functional groups attached to an aromatic ring is 1. The monoisotopic (exact) mass is 484 g/mol. The lowest BCUT2D eigenvalue weighted by Gasteiger charge is -2.26. The number of rotatable bonds is 8. The van der Waals surface area contributed by atoms with Crippen LogP contribution < -0.4 is 26.6 Å². The van der Waals surface area contributed by atoms with Gasteiger partial charge >= 0.3 is 5.69 Å². The molecule has 3 aromatic carbocycles. The molecule has 0 aliphatic heterocycles. The quantitative estimate of drug-likeness (QED) is 0.388. The molecule has 1 heterocycles. The van der Waals surface area contributed by atoms with Crippen molar-refractivity contribution in [2.24, 2.45) is 5.92 Å². The number of amides is 1. The molecule has 1 amide bonds. The Morgan fingerprint density at radius 2 is 1.58 bits per heavy atom. The van der Waals surface area contributed by atoms with Crippen LogP contribution in [0.4, 0.5) is 11.5 Å². The molecule has 4 aromatic rings. The van der Waals surface area contributed by atoms with E-state index in [1.165, 1.54) is 9.47 Å². The van der Waals surface area contributed by atoms with E-state index < -0.39 is 17.2 Å². The highest BCUT2D eigenvalue weighted by atomic mass is 16.5. The van der Waals surface area contributed by atoms with Gasteiger partial charge in [0.05, 0.1) is 6.54 Å². The minimum absolute atomic E-state index is 0.0194. The molecule has 184 valence electrons. The topological polar surface area (TPSA) is 110 Å². The highest BCUT2D eigenvalue weighted by molar-refractivity contribution is 6.07. The van der Waals surface area contributed by atoms with Gasteiger partial charge in [0.2, 0.25) is 0 Å². The average Bonchev–Trinajstić information content (AvgIpc) is 2.86. The summed E-state index contributed by atoms with van der Waals surface area (Å²) in [6.45, 7) is 4.23. The van der Waals surface area contributed by atoms with Crippen LogP contribution in [0.25, 0.3) is 0 Å². The molecule has 0 spiro atoms. The fourth-order valence-corrected chi connectivity index (χ4v) is 3.88. The predicted molar refractivity (Wildman–Crippen MR) is 141 cm³/mol. The molecular formula is C28H28N4O4. The standard InChI is InChI=1S/C28H28N4O4/c1-19(2)17-31(27(34)21-12-9-15-23(16-21)36-22-13-7-4-8-14-22)24-25(29)32(28(35)30-26(24)33)18-20-10-5-3-6-11-20/h3-16,19H,17-18,29H2,1-2H3,(H,30,33,35). The number of nitrogens with zero attached hydrogens (tertiary/aromatic N) is 2. The molecule has 0 aliphatic carbocycles. The van der Waals surface area contributed by atoms with Crippen LogP contribution in [0.2, 0.25) is 0 Å². The van der Waals surface area contributed by atoms with Gasteiger partial charge in [-0.1, -0.05) is 68.4 Å². The molecule has 0 atom stereocenters. The number of aromatic amines is 1. The van der Waals surface area contributed by atoms with Crippen molar-refractivity contribution < 1.29 is 9.53 Å². The zero-order valence-electron chi connectivity index (χ0n) is 20.2. The largest absolute Gasteiger partial charge is 0.457 e. The second kappa shape index (κ2) is 10.8. The molecule has 0 bridgehead atoms. The van der Waals surface area contributed by atoms with Gasteiger partial charge in [-0.05, 0) is 41.8 Å². The third-order valence-electron chi connectivity index (χ3n) is 5.52. The molecule has 8 heteroatoms. The van der Waals surface area contributed by atoms with E-state index in [2.05, 4.69) is 4.98 Å². The Morgan fingerprint density at radius 3 is 2.25 bits per heavy atom. The summed E-state index contributed by atoms with van der Waals surface area (Å²) in [6, 6.07) is 25.2. The Balaban J connectivity index is 1.74. The van der Waals surface area contributed by atoms with Gasteiger partial charge in [-0.15, -0.1) is 0 Å². The molecule has 4 rings (SSSR count). The predicted octanol–water partition coefficient (Wildman–Crippen LogP) is 4.26. The highest BCUT2D eigenvalue weighted by Gasteiger charge is 2.26. The summed E-state index contributed by atoms with van der Waals surface area (Å²) in [5.41, 5.74) is 6.12. The van der Waals surface area contributed by atoms with E-state index in [0.29, 0.717) is 17.1 Å². The van der Waals surface area contributed by atoms with E-state index in [1.807, 2.05) is 74.5 Å². The van der Waals surface area contributed by atoms with Crippen LogP contribution in [0.3, 0.4) is 0 Å². The molecule has 8 nitrogen and oxygen atoms in total. The van der Waals surface area contributed by atoms with Crippen molar-refractivity contribution in [2.45, 2.75) is 20.4 Å². The summed E-state index contributed by atoms with van der Waals surface area (Å²) in [6.07, 6.45) is 0. The first-order valence-corrected chi connectivity index (χ1v) is 11.6. The van der Waals surface area contributed by atoms with Crippen LogP contribution >= 0.6 is 0 Å². The number of carbonyl (C=O) groups excluding carboxylic acids is 1. The van der Waals surface area contributed by atoms with E-state index in [9.17, 15) is 14.4 Å². The van der Waals surface area contributed by atoms with E-state index in [1.54, 1.807) is 24.3 Å². The van der Waals surface area contributed by atoms with Crippen LogP contribution in [0.5, 0.6) is 11.5 Å². The average molecular weight is 485 g/mol. The summed E-state index contributed by atoms with van der Waals surface area (Å²) < 4.78 is 7.14. The molecule has 0 saturated carbocycles. The lowest BCUT2D eigenvalue weighted by molar-refractivity contribution is 0.0983. The van der Waals surface area contributed by atoms with Gasteiger partial charge < -0.3 is 15.4 Å². The minimum Gasteiger partial charge on any atom is -0.457 e. The normalized spacial score (nSPS) is 10.9. The lowest BCUT2D eigenvalue weighted by Crippen LogP contribution is -2.42. The summed E-state index contributed by atoms with van der Waals surface area (Å²) in [5, 5.41) is 0. The molecule has 1 aromatic heterocycles. The summed E-state index contributed by atoms with van der Waals surface area (Å²) in [4.78, 5) is 43.0. The zero-order chi connectivity index (χ0) is 25.7. The van der Waals surface area contributed by atoms with Gasteiger partial charge in [-0.3, -0.25) is 19.1 Å². The van der Waals surface area contributed by atoms with Crippen molar-refractivity contribution in [2.75, 3.05) is 17.2 Å². The van der Waals surface area contributed by atoms with E-state index >= 15 is 0 Å². The van der Waals surface area contributed by atoms with Crippen molar-refractivity contribution in [3.8, 4) is 11.5 Å². The van der Waals surface area contributed by atoms with E-state index in [-0.39, 0.29) is 30.5 Å². The van der Waals surface area contributed by atoms with Gasteiger partial charge in [0.25, 0.3) is 11.5 Å². The Hall–Kier alpha value is -4.59. The maximum absolute atomic E-state index is 13.7. The molecule has 0 aliphatic rings. The summed E-state index contributed by atoms with van der Waals surface area (Å²) in [5.74, 6) is 0.635. The molecule has 0 saturated heterocycles. The van der Waals surface area contributed by atoms with Gasteiger partial charge in [0, 0.05) is 12.1 Å². The molecule has 0 unspecified atom stereocenters. The number of benzene rings is 3. The van der Waals surface area contributed by atoms with Crippen molar-refractivity contribution in [3.63, 3.8) is 0 Å². The summed E-state index contributed by atoms with van der Waals surface area (Å²) in [7, 11) is 0. The third-order valence-corrected chi connectivity index (χ3v) is 5.52. The third kappa shape index (κ3) is 5.55. The van der Waals surface area contributed by atoms with Gasteiger partial charge in [-0.2, -0.15) is 0 Å². The number of para-hydroxylation sites is 1. The number of nitrogens with two attached hydrogens (primary N) is 1. The van der Waals surface area contributed by atoms with Crippen LogP contribution in [-0.2, 0) is 6.54 Å². The van der Waals surface area contributed by atoms with Crippen LogP contribution in [0.1, 0.15) is 29.8 Å². The smallest absolute Gasteiger partial charge is 0.330 e. The number of ether oxygens (including phenoxy) is 1. The van der Waals surface area contributed by atoms with Gasteiger partial charge in [0.15, 0.2) is 5.69 Å². The van der Waals surface area contributed by atoms with Crippen LogP contribution in [0.15, 0.2) is 94.5 Å². The van der Waals surface area contributed by atoms with Gasteiger partial charge in [-0.25, -0.2) is 4.79 Å². The first-order chi connectivity index (χ1) is 17.3. The number of anilines is 2. The number of carbonyl (C=O) groups is 1. The SMILES string of the molecule is CC(C)CN(C(=O)c1cccc(Oc2ccccc2)c1)c1c(N)n(Cc2ccccc2)c(=O)[nH]c1=O. The second-order valence-electron chi connectivity index (χ2n) is 8.82. The summed E-state index contributed by atoms with van der Waals surface area (Å²) >= 11 is 0. The second-order valence-corrected chi connectivity index (χ2v) is 8.82. The van der Waals surface area contributed by atoms with Crippen molar-refractivity contribution in [1.29, 1.82) is 0 Å². The molecule has 0 radical (unpaired) electrons. The maximum Gasteiger partial charge on any atom is 0.330 e. The van der Waals surface area contributed by atoms with Crippen molar-refractivity contribution in [3.05, 3.63) is 117 Å². The first-order valence-electron chi connectivity index (χ1n) is 11.6. The number of hydrogen-bond acceptors (Lipinski definition) is 5. The number of aromatic nitrogens is 2. The van der Waals surface area contributed by atoms with Gasteiger partial charge in [0.1, 0.15) is 17.3 Å². The number of nitrogens with one attached hydrogen (secondary N) is 1.